The second kappa shape index (κ2) is 8.87. The zero-order chi connectivity index (χ0) is 23.8. The Balaban J connectivity index is 1.28. The van der Waals surface area contributed by atoms with Gasteiger partial charge in [0.25, 0.3) is 11.5 Å². The molecule has 0 radical (unpaired) electrons. The third kappa shape index (κ3) is 3.90. The molecule has 7 nitrogen and oxygen atoms in total. The SMILES string of the molecule is CCc1c(C)sc2nc(-c3ccc(C(=O)OCC(=O)N4CCc5ccccc54)cc3)[nH]c(=O)c12. The van der Waals surface area contributed by atoms with E-state index in [9.17, 15) is 14.4 Å². The van der Waals surface area contributed by atoms with Crippen LogP contribution in [0.25, 0.3) is 21.6 Å². The average molecular weight is 474 g/mol. The third-order valence-corrected chi connectivity index (χ3v) is 7.17. The van der Waals surface area contributed by atoms with E-state index in [1.807, 2.05) is 38.1 Å². The van der Waals surface area contributed by atoms with E-state index in [2.05, 4.69) is 9.97 Å². The van der Waals surface area contributed by atoms with Crippen molar-refractivity contribution in [3.63, 3.8) is 0 Å². The maximum Gasteiger partial charge on any atom is 0.338 e. The summed E-state index contributed by atoms with van der Waals surface area (Å²) in [7, 11) is 0. The minimum atomic E-state index is -0.578. The Hall–Kier alpha value is -3.78. The van der Waals surface area contributed by atoms with Crippen LogP contribution in [-0.4, -0.2) is 35.0 Å². The number of fused-ring (bicyclic) bond motifs is 2. The maximum atomic E-state index is 12.7. The van der Waals surface area contributed by atoms with Crippen LogP contribution in [0.2, 0.25) is 0 Å². The average Bonchev–Trinajstić information content (AvgIpc) is 3.42. The molecule has 34 heavy (non-hydrogen) atoms. The maximum absolute atomic E-state index is 12.7. The molecule has 0 spiro atoms. The molecule has 5 rings (SSSR count). The Morgan fingerprint density at radius 3 is 2.68 bits per heavy atom. The van der Waals surface area contributed by atoms with Crippen molar-refractivity contribution in [3.8, 4) is 11.4 Å². The molecular formula is C26H23N3O4S. The summed E-state index contributed by atoms with van der Waals surface area (Å²) in [6, 6.07) is 14.4. The highest BCUT2D eigenvalue weighted by atomic mass is 32.1. The van der Waals surface area contributed by atoms with Gasteiger partial charge < -0.3 is 14.6 Å². The number of aromatic amines is 1. The molecule has 1 aliphatic heterocycles. The monoisotopic (exact) mass is 473 g/mol. The molecule has 4 aromatic rings. The van der Waals surface area contributed by atoms with Crippen LogP contribution in [0.4, 0.5) is 5.69 Å². The summed E-state index contributed by atoms with van der Waals surface area (Å²) in [6.45, 7) is 4.29. The normalized spacial score (nSPS) is 12.7. The van der Waals surface area contributed by atoms with Crippen molar-refractivity contribution in [2.45, 2.75) is 26.7 Å². The number of carbonyl (C=O) groups is 2. The van der Waals surface area contributed by atoms with Crippen molar-refractivity contribution in [2.24, 2.45) is 0 Å². The van der Waals surface area contributed by atoms with Crippen molar-refractivity contribution in [3.05, 3.63) is 80.5 Å². The number of anilines is 1. The fraction of sp³-hybridized carbons (Fsp3) is 0.231. The Bertz CT molecular complexity index is 1470. The van der Waals surface area contributed by atoms with Crippen LogP contribution in [0.5, 0.6) is 0 Å². The predicted octanol–water partition coefficient (Wildman–Crippen LogP) is 4.27. The lowest BCUT2D eigenvalue weighted by Gasteiger charge is -2.17. The number of ether oxygens (including phenoxy) is 1. The number of nitrogens with zero attached hydrogens (tertiary/aromatic N) is 2. The Labute approximate surface area is 200 Å². The lowest BCUT2D eigenvalue weighted by Crippen LogP contribution is -2.33. The van der Waals surface area contributed by atoms with E-state index in [0.29, 0.717) is 33.7 Å². The number of nitrogens with one attached hydrogen (secondary N) is 1. The van der Waals surface area contributed by atoms with Gasteiger partial charge in [0.1, 0.15) is 10.7 Å². The first kappa shape index (κ1) is 22.0. The van der Waals surface area contributed by atoms with Crippen molar-refractivity contribution in [1.82, 2.24) is 9.97 Å². The predicted molar refractivity (Wildman–Crippen MR) is 133 cm³/mol. The molecule has 0 aliphatic carbocycles. The van der Waals surface area contributed by atoms with Gasteiger partial charge in [0, 0.05) is 22.7 Å². The fourth-order valence-electron chi connectivity index (χ4n) is 4.39. The third-order valence-electron chi connectivity index (χ3n) is 6.13. The lowest BCUT2D eigenvalue weighted by atomic mass is 10.1. The van der Waals surface area contributed by atoms with Crippen LogP contribution in [0.1, 0.15) is 33.3 Å². The summed E-state index contributed by atoms with van der Waals surface area (Å²) >= 11 is 1.51. The Morgan fingerprint density at radius 1 is 1.15 bits per heavy atom. The van der Waals surface area contributed by atoms with E-state index in [-0.39, 0.29) is 18.1 Å². The molecule has 3 heterocycles. The van der Waals surface area contributed by atoms with Crippen LogP contribution in [0.15, 0.2) is 53.3 Å². The summed E-state index contributed by atoms with van der Waals surface area (Å²) < 4.78 is 5.27. The smallest absolute Gasteiger partial charge is 0.338 e. The summed E-state index contributed by atoms with van der Waals surface area (Å²) in [5, 5.41) is 0.652. The number of hydrogen-bond donors (Lipinski definition) is 1. The van der Waals surface area contributed by atoms with Gasteiger partial charge in [-0.2, -0.15) is 0 Å². The largest absolute Gasteiger partial charge is 0.452 e. The summed E-state index contributed by atoms with van der Waals surface area (Å²) in [4.78, 5) is 48.7. The molecule has 0 unspecified atom stereocenters. The molecule has 2 aromatic carbocycles. The number of rotatable bonds is 5. The number of para-hydroxylation sites is 1. The van der Waals surface area contributed by atoms with Crippen LogP contribution in [-0.2, 0) is 22.4 Å². The zero-order valence-corrected chi connectivity index (χ0v) is 19.7. The second-order valence-corrected chi connectivity index (χ2v) is 9.37. The number of thiophene rings is 1. The van der Waals surface area contributed by atoms with Gasteiger partial charge in [-0.15, -0.1) is 11.3 Å². The first-order valence-electron chi connectivity index (χ1n) is 11.1. The summed E-state index contributed by atoms with van der Waals surface area (Å²) in [5.41, 5.74) is 3.87. The van der Waals surface area contributed by atoms with Gasteiger partial charge in [-0.25, -0.2) is 9.78 Å². The van der Waals surface area contributed by atoms with Gasteiger partial charge in [0.2, 0.25) is 0 Å². The lowest BCUT2D eigenvalue weighted by molar-refractivity contribution is -0.121. The van der Waals surface area contributed by atoms with Crippen molar-refractivity contribution < 1.29 is 14.3 Å². The van der Waals surface area contributed by atoms with Crippen molar-refractivity contribution in [1.29, 1.82) is 0 Å². The highest BCUT2D eigenvalue weighted by Crippen LogP contribution is 2.29. The van der Waals surface area contributed by atoms with Crippen LogP contribution < -0.4 is 10.5 Å². The first-order chi connectivity index (χ1) is 16.5. The number of aryl methyl sites for hydroxylation is 2. The van der Waals surface area contributed by atoms with Crippen LogP contribution >= 0.6 is 11.3 Å². The van der Waals surface area contributed by atoms with Crippen LogP contribution in [0.3, 0.4) is 0 Å². The number of hydrogen-bond acceptors (Lipinski definition) is 6. The number of aromatic nitrogens is 2. The Kier molecular flexibility index (Phi) is 5.75. The molecule has 0 bridgehead atoms. The molecule has 1 N–H and O–H groups in total. The number of carbonyl (C=O) groups excluding carboxylic acids is 2. The number of benzene rings is 2. The zero-order valence-electron chi connectivity index (χ0n) is 18.9. The minimum absolute atomic E-state index is 0.160. The topological polar surface area (TPSA) is 92.4 Å². The second-order valence-electron chi connectivity index (χ2n) is 8.16. The van der Waals surface area contributed by atoms with E-state index in [1.54, 1.807) is 29.2 Å². The van der Waals surface area contributed by atoms with Gasteiger partial charge in [-0.05, 0) is 49.1 Å². The molecule has 0 saturated heterocycles. The highest BCUT2D eigenvalue weighted by Gasteiger charge is 2.25. The van der Waals surface area contributed by atoms with Crippen molar-refractivity contribution >= 4 is 39.1 Å². The fourth-order valence-corrected chi connectivity index (χ4v) is 5.50. The number of H-pyrrole nitrogens is 1. The van der Waals surface area contributed by atoms with Crippen molar-refractivity contribution in [2.75, 3.05) is 18.1 Å². The van der Waals surface area contributed by atoms with Gasteiger partial charge in [0.15, 0.2) is 6.61 Å². The minimum Gasteiger partial charge on any atom is -0.452 e. The van der Waals surface area contributed by atoms with Gasteiger partial charge in [-0.1, -0.05) is 37.3 Å². The molecular weight excluding hydrogens is 450 g/mol. The molecule has 0 fully saturated rings. The quantitative estimate of drug-likeness (QED) is 0.437. The molecule has 1 amide bonds. The van der Waals surface area contributed by atoms with E-state index in [0.717, 1.165) is 34.5 Å². The molecule has 2 aromatic heterocycles. The van der Waals surface area contributed by atoms with E-state index >= 15 is 0 Å². The van der Waals surface area contributed by atoms with Gasteiger partial charge in [-0.3, -0.25) is 9.59 Å². The van der Waals surface area contributed by atoms with E-state index in [1.165, 1.54) is 11.3 Å². The molecule has 0 saturated carbocycles. The van der Waals surface area contributed by atoms with E-state index < -0.39 is 5.97 Å². The number of esters is 1. The molecule has 172 valence electrons. The molecule has 0 atom stereocenters. The van der Waals surface area contributed by atoms with E-state index in [4.69, 9.17) is 4.74 Å². The summed E-state index contributed by atoms with van der Waals surface area (Å²) in [5.74, 6) is -0.377. The highest BCUT2D eigenvalue weighted by molar-refractivity contribution is 7.18. The standard InChI is InChI=1S/C26H23N3O4S/c1-3-19-15(2)34-25-22(19)24(31)27-23(28-25)17-8-10-18(11-9-17)26(32)33-14-21(30)29-13-12-16-6-4-5-7-20(16)29/h4-11H,3,12-14H2,1-2H3,(H,27,28,31). The summed E-state index contributed by atoms with van der Waals surface area (Å²) in [6.07, 6.45) is 1.57. The van der Waals surface area contributed by atoms with Gasteiger partial charge in [0.05, 0.1) is 10.9 Å². The Morgan fingerprint density at radius 2 is 1.91 bits per heavy atom. The first-order valence-corrected chi connectivity index (χ1v) is 12.0. The molecule has 8 heteroatoms. The van der Waals surface area contributed by atoms with Gasteiger partial charge >= 0.3 is 5.97 Å². The van der Waals surface area contributed by atoms with Crippen LogP contribution in [0, 0.1) is 6.92 Å². The number of amides is 1. The molecule has 1 aliphatic rings.